The average Bonchev–Trinajstić information content (AvgIpc) is 2.78. The van der Waals surface area contributed by atoms with E-state index in [-0.39, 0.29) is 57.1 Å². The molecule has 0 spiro atoms. The van der Waals surface area contributed by atoms with Gasteiger partial charge < -0.3 is 27.1 Å². The van der Waals surface area contributed by atoms with Gasteiger partial charge in [-0.1, -0.05) is 96.8 Å². The van der Waals surface area contributed by atoms with Crippen molar-refractivity contribution in [2.24, 2.45) is 0 Å². The fraction of sp³-hybridized carbons (Fsp3) is 0.0448. The molecule has 4 aromatic heterocycles. The van der Waals surface area contributed by atoms with Crippen molar-refractivity contribution in [2.45, 2.75) is 5.41 Å². The maximum atomic E-state index is 14.3. The van der Waals surface area contributed by atoms with Crippen LogP contribution in [0.25, 0.3) is 110 Å². The number of ether oxygens (including phenoxy) is 2. The van der Waals surface area contributed by atoms with Crippen LogP contribution in [0.15, 0.2) is 219 Å². The highest BCUT2D eigenvalue weighted by molar-refractivity contribution is 5.99. The van der Waals surface area contributed by atoms with E-state index in [1.165, 1.54) is 9.13 Å². The predicted molar refractivity (Wildman–Crippen MR) is 305 cm³/mol. The van der Waals surface area contributed by atoms with E-state index in [2.05, 4.69) is 36.1 Å². The molecule has 1 aliphatic carbocycles. The Kier molecular flexibility index (Phi) is 9.73. The molecule has 1 aliphatic rings. The first kappa shape index (κ1) is 45.3. The minimum absolute atomic E-state index is 0.102. The molecule has 12 heteroatoms. The lowest BCUT2D eigenvalue weighted by Crippen LogP contribution is -2.28. The molecule has 0 fully saturated rings. The number of rotatable bonds is 8. The van der Waals surface area contributed by atoms with Crippen molar-refractivity contribution in [2.75, 3.05) is 13.2 Å². The Balaban J connectivity index is 0.878. The van der Waals surface area contributed by atoms with Crippen molar-refractivity contribution in [3.63, 3.8) is 0 Å². The Morgan fingerprint density at radius 1 is 0.380 bits per heavy atom. The molecule has 0 radical (unpaired) electrons. The number of benzene rings is 10. The second-order valence-corrected chi connectivity index (χ2v) is 19.5. The number of hydrogen-bond donors (Lipinski definition) is 0. The van der Waals surface area contributed by atoms with Crippen LogP contribution in [0.2, 0.25) is 0 Å². The van der Waals surface area contributed by atoms with E-state index >= 15 is 0 Å². The summed E-state index contributed by atoms with van der Waals surface area (Å²) in [5.74, 6) is 6.06. The molecule has 12 nitrogen and oxygen atoms in total. The topological polar surface area (TPSA) is 149 Å². The molecule has 14 aromatic rings. The molecule has 0 aliphatic heterocycles. The van der Waals surface area contributed by atoms with Crippen LogP contribution in [0, 0.1) is 24.7 Å². The first-order valence-corrected chi connectivity index (χ1v) is 25.2. The van der Waals surface area contributed by atoms with E-state index in [9.17, 15) is 19.2 Å². The molecular formula is C67H36N2O10. The van der Waals surface area contributed by atoms with E-state index in [1.54, 1.807) is 72.8 Å². The number of fused-ring (bicyclic) bond motifs is 11. The van der Waals surface area contributed by atoms with Gasteiger partial charge in [0, 0.05) is 10.8 Å². The van der Waals surface area contributed by atoms with E-state index in [0.29, 0.717) is 56.0 Å². The molecule has 0 saturated heterocycles. The van der Waals surface area contributed by atoms with Crippen molar-refractivity contribution in [1.82, 2.24) is 9.13 Å². The first-order valence-electron chi connectivity index (χ1n) is 25.2. The van der Waals surface area contributed by atoms with Gasteiger partial charge in [-0.05, 0) is 141 Å². The fourth-order valence-electron chi connectivity index (χ4n) is 11.9. The summed E-state index contributed by atoms with van der Waals surface area (Å²) in [4.78, 5) is 57.1. The third-order valence-corrected chi connectivity index (χ3v) is 15.3. The second-order valence-electron chi connectivity index (χ2n) is 19.5. The Morgan fingerprint density at radius 2 is 0.759 bits per heavy atom. The monoisotopic (exact) mass is 1030 g/mol. The molecule has 374 valence electrons. The van der Waals surface area contributed by atoms with Crippen LogP contribution in [0.1, 0.15) is 22.3 Å². The van der Waals surface area contributed by atoms with E-state index in [4.69, 9.17) is 40.0 Å². The molecule has 0 saturated carbocycles. The van der Waals surface area contributed by atoms with Gasteiger partial charge in [-0.2, -0.15) is 0 Å². The van der Waals surface area contributed by atoms with Crippen LogP contribution in [0.5, 0.6) is 11.5 Å². The normalized spacial score (nSPS) is 12.7. The quantitative estimate of drug-likeness (QED) is 0.106. The maximum Gasteiger partial charge on any atom is 0.266 e. The highest BCUT2D eigenvalue weighted by Crippen LogP contribution is 2.56. The SMILES string of the molecule is C#CCOc1ccc2c(-n3c(=O)c4cc5oc6ccc(C7(c8ccc9oc%10cc%11c(=O)n(-c%12cccc%13cc(OCC#C)ccc%12%13)c(=O)c%11cc%10oc9c8)c8ccccc8-c8ccccc87)cc6oc5cc4c3=O)cccc2c1. The molecule has 0 atom stereocenters. The summed E-state index contributed by atoms with van der Waals surface area (Å²) in [5.41, 5.74) is 6.39. The Hall–Kier alpha value is -11.1. The van der Waals surface area contributed by atoms with Gasteiger partial charge in [-0.25, -0.2) is 9.13 Å². The zero-order valence-electron chi connectivity index (χ0n) is 41.4. The molecule has 0 bridgehead atoms. The van der Waals surface area contributed by atoms with Gasteiger partial charge in [0.1, 0.15) is 24.7 Å². The number of terminal acetylenes is 2. The minimum atomic E-state index is -0.967. The van der Waals surface area contributed by atoms with E-state index in [0.717, 1.165) is 44.2 Å². The number of hydrogen-bond acceptors (Lipinski definition) is 10. The lowest BCUT2D eigenvalue weighted by Gasteiger charge is -2.33. The highest BCUT2D eigenvalue weighted by atomic mass is 16.5. The van der Waals surface area contributed by atoms with Crippen LogP contribution >= 0.6 is 0 Å². The van der Waals surface area contributed by atoms with Crippen molar-refractivity contribution in [3.05, 3.63) is 246 Å². The second kappa shape index (κ2) is 17.0. The summed E-state index contributed by atoms with van der Waals surface area (Å²) in [7, 11) is 0. The van der Waals surface area contributed by atoms with Gasteiger partial charge in [0.25, 0.3) is 22.2 Å². The standard InChI is InChI=1S/C67H36N2O10/c1-3-27-74-41-21-23-43-37(29-41)11-9-17-53(43)68-63(70)47-33-59-61(35-49(47)65(68)72)78-57-31-39(19-25-55(57)76-59)67(51-15-7-5-13-45(51)46-14-6-8-16-52(46)67)40-20-26-56-58(32-40)79-62-36-50-48(34-60(62)77-56)64(71)69(66(50)73)54-18-10-12-38-30-42(75-28-4-2)22-24-44(38)54/h1-2,5-26,29-36H,27-28H2. The molecule has 4 heterocycles. The number of nitrogens with zero attached hydrogens (tertiary/aromatic N) is 2. The van der Waals surface area contributed by atoms with Crippen molar-refractivity contribution < 1.29 is 27.1 Å². The van der Waals surface area contributed by atoms with Crippen LogP contribution < -0.4 is 31.7 Å². The Bertz CT molecular complexity index is 5030. The van der Waals surface area contributed by atoms with Crippen LogP contribution in [0.3, 0.4) is 0 Å². The van der Waals surface area contributed by atoms with Crippen molar-refractivity contribution in [3.8, 4) is 58.7 Å². The van der Waals surface area contributed by atoms with Gasteiger partial charge in [0.15, 0.2) is 44.7 Å². The van der Waals surface area contributed by atoms with Crippen LogP contribution in [0.4, 0.5) is 0 Å². The van der Waals surface area contributed by atoms with Crippen molar-refractivity contribution in [1.29, 1.82) is 0 Å². The molecule has 0 amide bonds. The largest absolute Gasteiger partial charge is 0.481 e. The van der Waals surface area contributed by atoms with Crippen LogP contribution in [-0.2, 0) is 5.41 Å². The third kappa shape index (κ3) is 6.59. The summed E-state index contributed by atoms with van der Waals surface area (Å²) in [6.07, 6.45) is 10.8. The summed E-state index contributed by atoms with van der Waals surface area (Å²) >= 11 is 0. The predicted octanol–water partition coefficient (Wildman–Crippen LogP) is 12.7. The summed E-state index contributed by atoms with van der Waals surface area (Å²) < 4.78 is 40.1. The zero-order valence-corrected chi connectivity index (χ0v) is 41.4. The molecular weight excluding hydrogens is 993 g/mol. The van der Waals surface area contributed by atoms with Gasteiger partial charge >= 0.3 is 0 Å². The van der Waals surface area contributed by atoms with Gasteiger partial charge in [-0.3, -0.25) is 19.2 Å². The molecule has 0 N–H and O–H groups in total. The zero-order chi connectivity index (χ0) is 53.3. The third-order valence-electron chi connectivity index (χ3n) is 15.3. The summed E-state index contributed by atoms with van der Waals surface area (Å²) in [5, 5.41) is 3.62. The van der Waals surface area contributed by atoms with Crippen molar-refractivity contribution >= 4 is 87.8 Å². The minimum Gasteiger partial charge on any atom is -0.481 e. The summed E-state index contributed by atoms with van der Waals surface area (Å²) in [6, 6.07) is 56.0. The van der Waals surface area contributed by atoms with E-state index in [1.807, 2.05) is 84.9 Å². The van der Waals surface area contributed by atoms with E-state index < -0.39 is 27.7 Å². The van der Waals surface area contributed by atoms with Gasteiger partial charge in [0.2, 0.25) is 0 Å². The Morgan fingerprint density at radius 3 is 1.16 bits per heavy atom. The van der Waals surface area contributed by atoms with Gasteiger partial charge in [-0.15, -0.1) is 12.8 Å². The lowest BCUT2D eigenvalue weighted by molar-refractivity contribution is 0.371. The Labute approximate surface area is 445 Å². The molecule has 10 aromatic carbocycles. The first-order chi connectivity index (χ1) is 38.7. The maximum absolute atomic E-state index is 14.3. The molecule has 15 rings (SSSR count). The number of aromatic nitrogens is 2. The smallest absolute Gasteiger partial charge is 0.266 e. The highest BCUT2D eigenvalue weighted by Gasteiger charge is 2.46. The summed E-state index contributed by atoms with van der Waals surface area (Å²) in [6.45, 7) is 0.204. The fourth-order valence-corrected chi connectivity index (χ4v) is 11.9. The lowest BCUT2D eigenvalue weighted by atomic mass is 9.67. The van der Waals surface area contributed by atoms with Crippen LogP contribution in [-0.4, -0.2) is 22.3 Å². The molecule has 79 heavy (non-hydrogen) atoms. The average molecular weight is 1030 g/mol. The van der Waals surface area contributed by atoms with Gasteiger partial charge in [0.05, 0.1) is 38.3 Å². The molecule has 0 unspecified atom stereocenters.